The molecule has 0 amide bonds. The molecule has 0 saturated heterocycles. The Morgan fingerprint density at radius 3 is 2.49 bits per heavy atom. The van der Waals surface area contributed by atoms with Crippen molar-refractivity contribution < 1.29 is 31.4 Å². The summed E-state index contributed by atoms with van der Waals surface area (Å²) in [6.45, 7) is 11.5. The molecule has 6 heteroatoms. The van der Waals surface area contributed by atoms with Gasteiger partial charge in [-0.3, -0.25) is 0 Å². The molecule has 0 saturated carbocycles. The van der Waals surface area contributed by atoms with Crippen LogP contribution in [0, 0.1) is 52.1 Å². The van der Waals surface area contributed by atoms with E-state index in [-0.39, 0.29) is 31.5 Å². The molecule has 0 aliphatic rings. The van der Waals surface area contributed by atoms with Crippen molar-refractivity contribution in [3.8, 4) is 22.5 Å². The average Bonchev–Trinajstić information content (AvgIpc) is 3.59. The standard InChI is InChI=1S/C25H23N2OS.C14H14N.Ir/c1-14-9-10-17-16-7-6-8-18(23(16)28-24(17)27-14)22-21-19(13-25(3,4)5)15(2)29-20(21)11-12-26-22;1-10-4-6-13(7-5-10)14-8-11(2)12(3)9-15-14;/h6-7,9-12H,13H2,1-5H3;4-6,8-9H,1-3H3;/q2*-1;/i1D3,13D2;;. The van der Waals surface area contributed by atoms with Gasteiger partial charge in [-0.2, -0.15) is 0 Å². The summed E-state index contributed by atoms with van der Waals surface area (Å²) in [5, 5.41) is 2.24. The third-order valence-electron chi connectivity index (χ3n) is 7.43. The van der Waals surface area contributed by atoms with Crippen LogP contribution in [0.3, 0.4) is 0 Å². The van der Waals surface area contributed by atoms with Gasteiger partial charge >= 0.3 is 0 Å². The number of hydrogen-bond donors (Lipinski definition) is 0. The Morgan fingerprint density at radius 1 is 0.956 bits per heavy atom. The number of aromatic nitrogens is 3. The van der Waals surface area contributed by atoms with Crippen molar-refractivity contribution in [3.63, 3.8) is 0 Å². The minimum absolute atomic E-state index is 0. The van der Waals surface area contributed by atoms with Gasteiger partial charge in [-0.25, -0.2) is 4.98 Å². The molecule has 1 radical (unpaired) electrons. The third kappa shape index (κ3) is 6.79. The van der Waals surface area contributed by atoms with E-state index in [4.69, 9.17) is 11.3 Å². The van der Waals surface area contributed by atoms with Crippen LogP contribution in [0.15, 0.2) is 71.4 Å². The van der Waals surface area contributed by atoms with Crippen molar-refractivity contribution in [3.05, 3.63) is 112 Å². The summed E-state index contributed by atoms with van der Waals surface area (Å²) in [5.41, 5.74) is 7.67. The molecular formula is C39H37IrN3OS-2. The van der Waals surface area contributed by atoms with Crippen molar-refractivity contribution in [2.75, 3.05) is 0 Å². The molecule has 5 heterocycles. The first-order valence-corrected chi connectivity index (χ1v) is 15.3. The van der Waals surface area contributed by atoms with Crippen molar-refractivity contribution in [1.82, 2.24) is 15.0 Å². The molecular weight excluding hydrogens is 751 g/mol. The summed E-state index contributed by atoms with van der Waals surface area (Å²) in [5.74, 6) is 0. The number of furan rings is 1. The molecule has 45 heavy (non-hydrogen) atoms. The molecule has 4 nitrogen and oxygen atoms in total. The average molecular weight is 793 g/mol. The van der Waals surface area contributed by atoms with E-state index in [2.05, 4.69) is 66.1 Å². The maximum absolute atomic E-state index is 9.00. The van der Waals surface area contributed by atoms with Crippen LogP contribution in [-0.4, -0.2) is 15.0 Å². The number of thiophene rings is 1. The predicted octanol–water partition coefficient (Wildman–Crippen LogP) is 10.7. The number of hydrogen-bond acceptors (Lipinski definition) is 5. The van der Waals surface area contributed by atoms with Crippen molar-refractivity contribution >= 4 is 43.5 Å². The van der Waals surface area contributed by atoms with Gasteiger partial charge in [-0.05, 0) is 79.8 Å². The number of pyridine rings is 3. The fourth-order valence-corrected chi connectivity index (χ4v) is 6.12. The first-order chi connectivity index (χ1) is 23.0. The number of nitrogens with zero attached hydrogens (tertiary/aromatic N) is 3. The number of fused-ring (bicyclic) bond motifs is 4. The van der Waals surface area contributed by atoms with E-state index in [1.807, 2.05) is 52.1 Å². The van der Waals surface area contributed by atoms with Gasteiger partial charge in [0, 0.05) is 65.7 Å². The van der Waals surface area contributed by atoms with E-state index in [0.717, 1.165) is 31.6 Å². The first kappa shape index (κ1) is 26.5. The Hall–Kier alpha value is -3.70. The summed E-state index contributed by atoms with van der Waals surface area (Å²) in [6, 6.07) is 23.5. The number of benzene rings is 2. The predicted molar refractivity (Wildman–Crippen MR) is 184 cm³/mol. The van der Waals surface area contributed by atoms with Crippen molar-refractivity contribution in [2.24, 2.45) is 5.41 Å². The molecule has 0 unspecified atom stereocenters. The summed E-state index contributed by atoms with van der Waals surface area (Å²) in [6.07, 6.45) is 2.02. The second-order valence-corrected chi connectivity index (χ2v) is 13.4. The van der Waals surface area contributed by atoms with Crippen molar-refractivity contribution in [2.45, 2.75) is 61.7 Å². The normalized spacial score (nSPS) is 13.7. The Kier molecular flexibility index (Phi) is 7.64. The van der Waals surface area contributed by atoms with E-state index in [1.54, 1.807) is 29.7 Å². The zero-order chi connectivity index (χ0) is 35.5. The van der Waals surface area contributed by atoms with E-state index < -0.39 is 18.6 Å². The summed E-state index contributed by atoms with van der Waals surface area (Å²) >= 11 is 1.55. The van der Waals surface area contributed by atoms with Crippen LogP contribution >= 0.6 is 11.3 Å². The summed E-state index contributed by atoms with van der Waals surface area (Å²) in [7, 11) is 0. The molecule has 0 aliphatic carbocycles. The van der Waals surface area contributed by atoms with Crippen molar-refractivity contribution in [1.29, 1.82) is 0 Å². The van der Waals surface area contributed by atoms with E-state index in [1.165, 1.54) is 22.8 Å². The van der Waals surface area contributed by atoms with Crippen LogP contribution in [0.4, 0.5) is 0 Å². The monoisotopic (exact) mass is 793 g/mol. The fourth-order valence-electron chi connectivity index (χ4n) is 5.11. The van der Waals surface area contributed by atoms with Crippen LogP contribution in [0.1, 0.15) is 60.4 Å². The van der Waals surface area contributed by atoms with Crippen LogP contribution in [0.5, 0.6) is 0 Å². The number of aryl methyl sites for hydroxylation is 5. The van der Waals surface area contributed by atoms with Crippen LogP contribution in [0.2, 0.25) is 0 Å². The minimum Gasteiger partial charge on any atom is -0.486 e. The molecule has 231 valence electrons. The Balaban J connectivity index is 0.000000255. The van der Waals surface area contributed by atoms with Gasteiger partial charge in [0.05, 0.1) is 5.58 Å². The molecule has 0 atom stereocenters. The SMILES string of the molecule is Cc1c[c-]c(-c2cc(C)c(C)cn2)cc1.[2H]C([2H])([2H])c1ccc2c(n1)oc1c(-c3nccc4sc(C)c(C([2H])([2H])C(C)(C)C)c34)[c-]ccc12.[Ir]. The molecule has 0 spiro atoms. The fraction of sp³-hybridized carbons (Fsp3) is 0.256. The van der Waals surface area contributed by atoms with Gasteiger partial charge in [0.1, 0.15) is 0 Å². The Labute approximate surface area is 290 Å². The quantitative estimate of drug-likeness (QED) is 0.167. The third-order valence-corrected chi connectivity index (χ3v) is 8.50. The summed E-state index contributed by atoms with van der Waals surface area (Å²) in [4.78, 5) is 14.2. The van der Waals surface area contributed by atoms with Crippen LogP contribution < -0.4 is 0 Å². The van der Waals surface area contributed by atoms with Crippen LogP contribution in [0.25, 0.3) is 54.7 Å². The van der Waals surface area contributed by atoms with Gasteiger partial charge in [-0.1, -0.05) is 50.3 Å². The van der Waals surface area contributed by atoms with Crippen LogP contribution in [-0.2, 0) is 26.5 Å². The molecule has 7 rings (SSSR count). The zero-order valence-corrected chi connectivity index (χ0v) is 29.6. The minimum atomic E-state index is -2.34. The molecule has 2 aromatic carbocycles. The van der Waals surface area contributed by atoms with Gasteiger partial charge < -0.3 is 14.4 Å². The van der Waals surface area contributed by atoms with E-state index in [0.29, 0.717) is 27.8 Å². The van der Waals surface area contributed by atoms with Gasteiger partial charge in [0.15, 0.2) is 0 Å². The maximum Gasteiger partial charge on any atom is 0.216 e. The topological polar surface area (TPSA) is 51.8 Å². The zero-order valence-electron chi connectivity index (χ0n) is 31.3. The Bertz CT molecular complexity index is 2340. The second-order valence-electron chi connectivity index (χ2n) is 12.1. The van der Waals surface area contributed by atoms with Gasteiger partial charge in [-0.15, -0.1) is 64.9 Å². The molecule has 0 N–H and O–H groups in total. The molecule has 5 aromatic heterocycles. The maximum atomic E-state index is 9.00. The molecule has 0 aliphatic heterocycles. The van der Waals surface area contributed by atoms with E-state index >= 15 is 0 Å². The number of rotatable bonds is 3. The molecule has 0 fully saturated rings. The second kappa shape index (κ2) is 13.0. The van der Waals surface area contributed by atoms with E-state index in [9.17, 15) is 0 Å². The molecule has 7 aromatic rings. The van der Waals surface area contributed by atoms with Gasteiger partial charge in [0.2, 0.25) is 5.71 Å². The summed E-state index contributed by atoms with van der Waals surface area (Å²) < 4.78 is 48.0. The van der Waals surface area contributed by atoms with Gasteiger partial charge in [0.25, 0.3) is 0 Å². The first-order valence-electron chi connectivity index (χ1n) is 17.0. The smallest absolute Gasteiger partial charge is 0.216 e. The Morgan fingerprint density at radius 2 is 1.78 bits per heavy atom. The largest absolute Gasteiger partial charge is 0.486 e. The molecule has 0 bridgehead atoms.